The molecule has 0 saturated carbocycles. The third-order valence-electron chi connectivity index (χ3n) is 3.09. The van der Waals surface area contributed by atoms with E-state index in [1.165, 1.54) is 5.56 Å². The molecule has 0 saturated heterocycles. The minimum atomic E-state index is 0.284. The van der Waals surface area contributed by atoms with E-state index in [1.807, 2.05) is 43.3 Å². The molecule has 0 aliphatic rings. The van der Waals surface area contributed by atoms with Gasteiger partial charge in [0.2, 0.25) is 5.89 Å². The summed E-state index contributed by atoms with van der Waals surface area (Å²) in [5.74, 6) is 0.689. The van der Waals surface area contributed by atoms with Crippen molar-refractivity contribution in [2.45, 2.75) is 6.92 Å². The molecule has 22 heavy (non-hydrogen) atoms. The highest BCUT2D eigenvalue weighted by atomic mass is 35.5. The Morgan fingerprint density at radius 1 is 1.00 bits per heavy atom. The molecule has 0 aliphatic heterocycles. The van der Waals surface area contributed by atoms with Gasteiger partial charge >= 0.3 is 0 Å². The SMILES string of the molecule is Cc1ccc(/C=C(\Cl)c2nnc(-c3ccc(Cl)cc3)o2)cc1. The van der Waals surface area contributed by atoms with E-state index in [4.69, 9.17) is 27.6 Å². The van der Waals surface area contributed by atoms with Gasteiger partial charge in [-0.2, -0.15) is 0 Å². The first-order valence-corrected chi connectivity index (χ1v) is 7.41. The standard InChI is InChI=1S/C17H12Cl2N2O/c1-11-2-4-12(5-3-11)10-15(19)17-21-20-16(22-17)13-6-8-14(18)9-7-13/h2-10H,1H3/b15-10-. The second kappa shape index (κ2) is 6.34. The van der Waals surface area contributed by atoms with Crippen molar-refractivity contribution in [2.24, 2.45) is 0 Å². The molecule has 1 heterocycles. The molecule has 0 aliphatic carbocycles. The van der Waals surface area contributed by atoms with Crippen molar-refractivity contribution in [3.05, 3.63) is 70.6 Å². The Morgan fingerprint density at radius 2 is 1.68 bits per heavy atom. The maximum Gasteiger partial charge on any atom is 0.259 e. The summed E-state index contributed by atoms with van der Waals surface area (Å²) in [6.07, 6.45) is 1.79. The Hall–Kier alpha value is -2.10. The fourth-order valence-corrected chi connectivity index (χ4v) is 2.23. The largest absolute Gasteiger partial charge is 0.415 e. The summed E-state index contributed by atoms with van der Waals surface area (Å²) in [6, 6.07) is 15.2. The molecule has 0 spiro atoms. The van der Waals surface area contributed by atoms with Crippen LogP contribution in [0.2, 0.25) is 5.02 Å². The molecular weight excluding hydrogens is 319 g/mol. The van der Waals surface area contributed by atoms with Gasteiger partial charge in [-0.1, -0.05) is 53.0 Å². The molecule has 0 unspecified atom stereocenters. The second-order valence-electron chi connectivity index (χ2n) is 4.82. The van der Waals surface area contributed by atoms with Gasteiger partial charge in [0, 0.05) is 10.6 Å². The highest BCUT2D eigenvalue weighted by Crippen LogP contribution is 2.26. The van der Waals surface area contributed by atoms with Gasteiger partial charge in [0.1, 0.15) is 5.03 Å². The van der Waals surface area contributed by atoms with Gasteiger partial charge in [-0.15, -0.1) is 10.2 Å². The summed E-state index contributed by atoms with van der Waals surface area (Å²) in [5.41, 5.74) is 2.96. The van der Waals surface area contributed by atoms with Crippen LogP contribution in [-0.4, -0.2) is 10.2 Å². The van der Waals surface area contributed by atoms with Crippen LogP contribution in [0.3, 0.4) is 0 Å². The van der Waals surface area contributed by atoms with Crippen molar-refractivity contribution in [2.75, 3.05) is 0 Å². The number of aryl methyl sites for hydroxylation is 1. The lowest BCUT2D eigenvalue weighted by atomic mass is 10.1. The molecule has 5 heteroatoms. The van der Waals surface area contributed by atoms with E-state index in [0.717, 1.165) is 11.1 Å². The van der Waals surface area contributed by atoms with E-state index < -0.39 is 0 Å². The summed E-state index contributed by atoms with van der Waals surface area (Å²) in [4.78, 5) is 0. The van der Waals surface area contributed by atoms with Gasteiger partial charge in [-0.25, -0.2) is 0 Å². The Morgan fingerprint density at radius 3 is 2.36 bits per heavy atom. The van der Waals surface area contributed by atoms with E-state index in [2.05, 4.69) is 10.2 Å². The molecule has 110 valence electrons. The van der Waals surface area contributed by atoms with Crippen LogP contribution < -0.4 is 0 Å². The monoisotopic (exact) mass is 330 g/mol. The van der Waals surface area contributed by atoms with Crippen molar-refractivity contribution in [1.82, 2.24) is 10.2 Å². The minimum Gasteiger partial charge on any atom is -0.415 e. The van der Waals surface area contributed by atoms with E-state index in [1.54, 1.807) is 18.2 Å². The number of hydrogen-bond acceptors (Lipinski definition) is 3. The fraction of sp³-hybridized carbons (Fsp3) is 0.0588. The zero-order chi connectivity index (χ0) is 15.5. The summed E-state index contributed by atoms with van der Waals surface area (Å²) in [7, 11) is 0. The van der Waals surface area contributed by atoms with E-state index in [0.29, 0.717) is 15.9 Å². The van der Waals surface area contributed by atoms with Crippen LogP contribution in [0.1, 0.15) is 17.0 Å². The Labute approximate surface area is 138 Å². The van der Waals surface area contributed by atoms with Gasteiger partial charge in [-0.05, 0) is 42.8 Å². The first-order chi connectivity index (χ1) is 10.6. The minimum absolute atomic E-state index is 0.284. The molecule has 0 fully saturated rings. The molecule has 0 N–H and O–H groups in total. The Bertz CT molecular complexity index is 805. The second-order valence-corrected chi connectivity index (χ2v) is 5.67. The molecule has 2 aromatic carbocycles. The molecule has 0 radical (unpaired) electrons. The van der Waals surface area contributed by atoms with Crippen LogP contribution in [0.15, 0.2) is 52.9 Å². The lowest BCUT2D eigenvalue weighted by Gasteiger charge is -1.96. The molecule has 0 bridgehead atoms. The van der Waals surface area contributed by atoms with Crippen LogP contribution in [0.25, 0.3) is 22.6 Å². The molecule has 3 aromatic rings. The lowest BCUT2D eigenvalue weighted by Crippen LogP contribution is -1.79. The number of nitrogens with zero attached hydrogens (tertiary/aromatic N) is 2. The molecule has 3 rings (SSSR count). The van der Waals surface area contributed by atoms with Crippen molar-refractivity contribution in [3.63, 3.8) is 0 Å². The number of benzene rings is 2. The molecule has 0 amide bonds. The zero-order valence-corrected chi connectivity index (χ0v) is 13.3. The number of aromatic nitrogens is 2. The van der Waals surface area contributed by atoms with E-state index in [-0.39, 0.29) is 5.89 Å². The topological polar surface area (TPSA) is 38.9 Å². The zero-order valence-electron chi connectivity index (χ0n) is 11.8. The number of hydrogen-bond donors (Lipinski definition) is 0. The maximum absolute atomic E-state index is 6.25. The summed E-state index contributed by atoms with van der Waals surface area (Å²) in [5, 5.41) is 9.04. The van der Waals surface area contributed by atoms with Gasteiger partial charge < -0.3 is 4.42 Å². The van der Waals surface area contributed by atoms with Crippen LogP contribution in [-0.2, 0) is 0 Å². The van der Waals surface area contributed by atoms with Crippen molar-refractivity contribution >= 4 is 34.3 Å². The highest BCUT2D eigenvalue weighted by molar-refractivity contribution is 6.50. The van der Waals surface area contributed by atoms with Crippen LogP contribution in [0.5, 0.6) is 0 Å². The molecule has 3 nitrogen and oxygen atoms in total. The van der Waals surface area contributed by atoms with Crippen LogP contribution in [0, 0.1) is 6.92 Å². The number of halogens is 2. The Kier molecular flexibility index (Phi) is 4.27. The third kappa shape index (κ3) is 3.38. The van der Waals surface area contributed by atoms with E-state index >= 15 is 0 Å². The normalized spacial score (nSPS) is 11.7. The quantitative estimate of drug-likeness (QED) is 0.642. The van der Waals surface area contributed by atoms with Gasteiger partial charge in [0.15, 0.2) is 0 Å². The Balaban J connectivity index is 1.86. The summed E-state index contributed by atoms with van der Waals surface area (Å²) >= 11 is 12.1. The summed E-state index contributed by atoms with van der Waals surface area (Å²) in [6.45, 7) is 2.03. The van der Waals surface area contributed by atoms with Crippen molar-refractivity contribution in [3.8, 4) is 11.5 Å². The lowest BCUT2D eigenvalue weighted by molar-refractivity contribution is 0.556. The van der Waals surface area contributed by atoms with Gasteiger partial charge in [-0.3, -0.25) is 0 Å². The molecule has 0 atom stereocenters. The first-order valence-electron chi connectivity index (χ1n) is 6.65. The highest BCUT2D eigenvalue weighted by Gasteiger charge is 2.11. The average molecular weight is 331 g/mol. The predicted octanol–water partition coefficient (Wildman–Crippen LogP) is 5.44. The van der Waals surface area contributed by atoms with Crippen molar-refractivity contribution in [1.29, 1.82) is 0 Å². The van der Waals surface area contributed by atoms with Crippen LogP contribution >= 0.6 is 23.2 Å². The van der Waals surface area contributed by atoms with E-state index in [9.17, 15) is 0 Å². The average Bonchev–Trinajstić information content (AvgIpc) is 3.00. The predicted molar refractivity (Wildman–Crippen MR) is 89.6 cm³/mol. The third-order valence-corrected chi connectivity index (χ3v) is 3.61. The van der Waals surface area contributed by atoms with Crippen molar-refractivity contribution < 1.29 is 4.42 Å². The first kappa shape index (κ1) is 14.8. The smallest absolute Gasteiger partial charge is 0.259 e. The summed E-state index contributed by atoms with van der Waals surface area (Å²) < 4.78 is 5.60. The van der Waals surface area contributed by atoms with Gasteiger partial charge in [0.05, 0.1) is 0 Å². The van der Waals surface area contributed by atoms with Crippen LogP contribution in [0.4, 0.5) is 0 Å². The maximum atomic E-state index is 6.25. The fourth-order valence-electron chi connectivity index (χ4n) is 1.90. The molecular formula is C17H12Cl2N2O. The van der Waals surface area contributed by atoms with Gasteiger partial charge in [0.25, 0.3) is 5.89 Å². The number of rotatable bonds is 3. The molecule has 1 aromatic heterocycles.